The van der Waals surface area contributed by atoms with Crippen molar-refractivity contribution in [3.05, 3.63) is 51.1 Å². The highest BCUT2D eigenvalue weighted by molar-refractivity contribution is 7.99. The molecule has 174 valence electrons. The first-order valence-electron chi connectivity index (χ1n) is 11.3. The fourth-order valence-corrected chi connectivity index (χ4v) is 6.11. The highest BCUT2D eigenvalue weighted by Gasteiger charge is 2.23. The van der Waals surface area contributed by atoms with Crippen LogP contribution in [-0.4, -0.2) is 40.3 Å². The number of thioether (sulfide) groups is 1. The highest BCUT2D eigenvalue weighted by Crippen LogP contribution is 2.35. The zero-order chi connectivity index (χ0) is 23.2. The molecule has 1 amide bonds. The number of amides is 1. The maximum atomic E-state index is 13.6. The second kappa shape index (κ2) is 11.0. The van der Waals surface area contributed by atoms with Crippen LogP contribution in [-0.2, 0) is 27.2 Å². The number of thiophene rings is 1. The molecule has 0 aliphatic heterocycles. The van der Waals surface area contributed by atoms with Crippen molar-refractivity contribution in [1.29, 1.82) is 0 Å². The topological polar surface area (TPSA) is 90.3 Å². The third-order valence-electron chi connectivity index (χ3n) is 5.49. The molecule has 1 aliphatic carbocycles. The SMILES string of the molecule is CCOC(=O)CCCNC(=O)CSc1nc2sc3c(c2c(=O)n1-c1ccccc1)CCCC3. The van der Waals surface area contributed by atoms with E-state index >= 15 is 0 Å². The minimum absolute atomic E-state index is 0.0667. The lowest BCUT2D eigenvalue weighted by Crippen LogP contribution is -2.27. The first-order valence-corrected chi connectivity index (χ1v) is 13.1. The molecule has 0 fully saturated rings. The van der Waals surface area contributed by atoms with Gasteiger partial charge in [0.1, 0.15) is 4.83 Å². The Hall–Kier alpha value is -2.65. The summed E-state index contributed by atoms with van der Waals surface area (Å²) in [6, 6.07) is 9.45. The summed E-state index contributed by atoms with van der Waals surface area (Å²) in [7, 11) is 0. The van der Waals surface area contributed by atoms with Crippen molar-refractivity contribution < 1.29 is 14.3 Å². The third-order valence-corrected chi connectivity index (χ3v) is 7.61. The predicted octanol–water partition coefficient (Wildman–Crippen LogP) is 3.88. The summed E-state index contributed by atoms with van der Waals surface area (Å²) in [5.74, 6) is -0.289. The normalized spacial score (nSPS) is 13.0. The van der Waals surface area contributed by atoms with Crippen LogP contribution in [0.25, 0.3) is 15.9 Å². The molecule has 0 bridgehead atoms. The van der Waals surface area contributed by atoms with Gasteiger partial charge in [-0.05, 0) is 56.7 Å². The van der Waals surface area contributed by atoms with Gasteiger partial charge in [0.2, 0.25) is 5.91 Å². The van der Waals surface area contributed by atoms with Crippen molar-refractivity contribution in [2.45, 2.75) is 50.6 Å². The Morgan fingerprint density at radius 1 is 1.21 bits per heavy atom. The van der Waals surface area contributed by atoms with Gasteiger partial charge in [-0.2, -0.15) is 0 Å². The molecule has 1 N–H and O–H groups in total. The van der Waals surface area contributed by atoms with E-state index in [1.165, 1.54) is 16.6 Å². The molecule has 7 nitrogen and oxygen atoms in total. The van der Waals surface area contributed by atoms with Crippen LogP contribution < -0.4 is 10.9 Å². The Morgan fingerprint density at radius 2 is 2.00 bits per heavy atom. The van der Waals surface area contributed by atoms with Crippen LogP contribution in [0.5, 0.6) is 0 Å². The van der Waals surface area contributed by atoms with E-state index in [1.807, 2.05) is 30.3 Å². The van der Waals surface area contributed by atoms with Gasteiger partial charge >= 0.3 is 5.97 Å². The molecule has 0 spiro atoms. The number of aromatic nitrogens is 2. The summed E-state index contributed by atoms with van der Waals surface area (Å²) in [4.78, 5) is 44.3. The molecule has 0 saturated heterocycles. The van der Waals surface area contributed by atoms with Gasteiger partial charge in [-0.25, -0.2) is 4.98 Å². The largest absolute Gasteiger partial charge is 0.466 e. The van der Waals surface area contributed by atoms with Crippen LogP contribution in [0.15, 0.2) is 40.3 Å². The fourth-order valence-electron chi connectivity index (χ4n) is 3.96. The van der Waals surface area contributed by atoms with E-state index in [4.69, 9.17) is 9.72 Å². The summed E-state index contributed by atoms with van der Waals surface area (Å²) in [5.41, 5.74) is 1.83. The molecule has 3 aromatic rings. The van der Waals surface area contributed by atoms with E-state index in [-0.39, 0.29) is 29.6 Å². The van der Waals surface area contributed by atoms with Crippen LogP contribution in [0.3, 0.4) is 0 Å². The molecule has 33 heavy (non-hydrogen) atoms. The molecule has 0 atom stereocenters. The number of aryl methyl sites for hydroxylation is 2. The van der Waals surface area contributed by atoms with Gasteiger partial charge in [-0.1, -0.05) is 30.0 Å². The number of benzene rings is 1. The van der Waals surface area contributed by atoms with Gasteiger partial charge in [-0.15, -0.1) is 11.3 Å². The van der Waals surface area contributed by atoms with Crippen LogP contribution in [0.4, 0.5) is 0 Å². The number of hydrogen-bond donors (Lipinski definition) is 1. The van der Waals surface area contributed by atoms with Crippen LogP contribution in [0, 0.1) is 0 Å². The van der Waals surface area contributed by atoms with Crippen molar-refractivity contribution in [2.24, 2.45) is 0 Å². The zero-order valence-corrected chi connectivity index (χ0v) is 20.2. The second-order valence-electron chi connectivity index (χ2n) is 7.81. The number of para-hydroxylation sites is 1. The predicted molar refractivity (Wildman–Crippen MR) is 131 cm³/mol. The molecule has 9 heteroatoms. The first kappa shape index (κ1) is 23.5. The van der Waals surface area contributed by atoms with E-state index in [1.54, 1.807) is 22.8 Å². The molecular weight excluding hydrogens is 458 g/mol. The van der Waals surface area contributed by atoms with Crippen molar-refractivity contribution in [3.63, 3.8) is 0 Å². The zero-order valence-electron chi connectivity index (χ0n) is 18.6. The van der Waals surface area contributed by atoms with Crippen molar-refractivity contribution >= 4 is 45.2 Å². The van der Waals surface area contributed by atoms with Gasteiger partial charge in [0.25, 0.3) is 5.56 Å². The molecule has 2 heterocycles. The lowest BCUT2D eigenvalue weighted by molar-refractivity contribution is -0.143. The number of nitrogens with zero attached hydrogens (tertiary/aromatic N) is 2. The van der Waals surface area contributed by atoms with Gasteiger partial charge in [0.15, 0.2) is 5.16 Å². The third kappa shape index (κ3) is 5.47. The summed E-state index contributed by atoms with van der Waals surface area (Å²) < 4.78 is 6.52. The maximum absolute atomic E-state index is 13.6. The van der Waals surface area contributed by atoms with Gasteiger partial charge in [0, 0.05) is 17.8 Å². The monoisotopic (exact) mass is 485 g/mol. The van der Waals surface area contributed by atoms with Crippen LogP contribution in [0.1, 0.15) is 43.0 Å². The summed E-state index contributed by atoms with van der Waals surface area (Å²) >= 11 is 2.86. The summed E-state index contributed by atoms with van der Waals surface area (Å²) in [6.07, 6.45) is 4.95. The Labute approximate surface area is 200 Å². The van der Waals surface area contributed by atoms with E-state index < -0.39 is 0 Å². The average Bonchev–Trinajstić information content (AvgIpc) is 3.20. The quantitative estimate of drug-likeness (QED) is 0.214. The standard InChI is InChI=1S/C24H27N3O4S2/c1-2-31-20(29)13-8-14-25-19(28)15-32-24-26-22-21(17-11-6-7-12-18(17)33-22)23(30)27(24)16-9-4-3-5-10-16/h3-5,9-10H,2,6-8,11-15H2,1H3,(H,25,28). The minimum Gasteiger partial charge on any atom is -0.466 e. The van der Waals surface area contributed by atoms with E-state index in [0.29, 0.717) is 24.7 Å². The molecule has 1 aromatic carbocycles. The van der Waals surface area contributed by atoms with Crippen LogP contribution in [0.2, 0.25) is 0 Å². The Balaban J connectivity index is 1.53. The second-order valence-corrected chi connectivity index (χ2v) is 9.83. The van der Waals surface area contributed by atoms with E-state index in [2.05, 4.69) is 5.32 Å². The average molecular weight is 486 g/mol. The van der Waals surface area contributed by atoms with Gasteiger partial charge in [-0.3, -0.25) is 19.0 Å². The molecule has 0 unspecified atom stereocenters. The van der Waals surface area contributed by atoms with Gasteiger partial charge < -0.3 is 10.1 Å². The molecule has 4 rings (SSSR count). The Kier molecular flexibility index (Phi) is 7.82. The van der Waals surface area contributed by atoms with E-state index in [0.717, 1.165) is 47.2 Å². The Morgan fingerprint density at radius 3 is 2.79 bits per heavy atom. The molecule has 0 radical (unpaired) electrons. The lowest BCUT2D eigenvalue weighted by Gasteiger charge is -2.13. The maximum Gasteiger partial charge on any atom is 0.305 e. The van der Waals surface area contributed by atoms with Crippen molar-refractivity contribution in [3.8, 4) is 5.69 Å². The molecule has 2 aromatic heterocycles. The number of esters is 1. The van der Waals surface area contributed by atoms with E-state index in [9.17, 15) is 14.4 Å². The Bertz CT molecular complexity index is 1200. The van der Waals surface area contributed by atoms with Gasteiger partial charge in [0.05, 0.1) is 23.4 Å². The number of ether oxygens (including phenoxy) is 1. The van der Waals surface area contributed by atoms with Crippen molar-refractivity contribution in [1.82, 2.24) is 14.9 Å². The lowest BCUT2D eigenvalue weighted by atomic mass is 9.97. The molecule has 0 saturated carbocycles. The number of rotatable bonds is 9. The number of nitrogens with one attached hydrogen (secondary N) is 1. The van der Waals surface area contributed by atoms with Crippen LogP contribution >= 0.6 is 23.1 Å². The molecule has 1 aliphatic rings. The number of carbonyl (C=O) groups excluding carboxylic acids is 2. The number of fused-ring (bicyclic) bond motifs is 3. The number of hydrogen-bond acceptors (Lipinski definition) is 7. The summed E-state index contributed by atoms with van der Waals surface area (Å²) in [6.45, 7) is 2.52. The molecular formula is C24H27N3O4S2. The first-order chi connectivity index (χ1) is 16.1. The summed E-state index contributed by atoms with van der Waals surface area (Å²) in [5, 5.41) is 4.06. The number of carbonyl (C=O) groups is 2. The minimum atomic E-state index is -0.260. The fraction of sp³-hybridized carbons (Fsp3) is 0.417. The smallest absolute Gasteiger partial charge is 0.305 e. The van der Waals surface area contributed by atoms with Crippen molar-refractivity contribution in [2.75, 3.05) is 18.9 Å². The highest BCUT2D eigenvalue weighted by atomic mass is 32.2.